The molecule has 1 heterocycles. The second-order valence-electron chi connectivity index (χ2n) is 7.73. The van der Waals surface area contributed by atoms with Gasteiger partial charge in [-0.2, -0.15) is 5.10 Å². The van der Waals surface area contributed by atoms with Crippen LogP contribution in [0.5, 0.6) is 5.75 Å². The summed E-state index contributed by atoms with van der Waals surface area (Å²) >= 11 is 0. The second kappa shape index (κ2) is 7.82. The highest BCUT2D eigenvalue weighted by molar-refractivity contribution is 5.90. The van der Waals surface area contributed by atoms with Crippen LogP contribution in [-0.2, 0) is 10.3 Å². The van der Waals surface area contributed by atoms with Crippen LogP contribution in [0.4, 0.5) is 5.82 Å². The zero-order valence-corrected chi connectivity index (χ0v) is 16.5. The predicted octanol–water partition coefficient (Wildman–Crippen LogP) is 4.90. The van der Waals surface area contributed by atoms with Gasteiger partial charge in [-0.3, -0.25) is 4.79 Å². The van der Waals surface area contributed by atoms with Crippen molar-refractivity contribution in [2.24, 2.45) is 0 Å². The van der Waals surface area contributed by atoms with Gasteiger partial charge in [-0.15, -0.1) is 0 Å². The van der Waals surface area contributed by atoms with E-state index in [9.17, 15) is 4.79 Å². The van der Waals surface area contributed by atoms with Crippen LogP contribution in [0, 0.1) is 6.92 Å². The zero-order chi connectivity index (χ0) is 19.4. The Kier molecular flexibility index (Phi) is 5.49. The topological polar surface area (TPSA) is 56.1 Å². The van der Waals surface area contributed by atoms with Crippen molar-refractivity contribution in [3.8, 4) is 5.75 Å². The molecule has 2 aromatic carbocycles. The molecule has 1 amide bonds. The molecule has 0 saturated heterocycles. The molecule has 0 aliphatic rings. The van der Waals surface area contributed by atoms with E-state index in [0.717, 1.165) is 28.0 Å². The number of anilines is 1. The molecule has 1 aromatic heterocycles. The first-order chi connectivity index (χ1) is 12.8. The van der Waals surface area contributed by atoms with E-state index in [2.05, 4.69) is 43.3 Å². The van der Waals surface area contributed by atoms with Crippen LogP contribution in [-0.4, -0.2) is 22.3 Å². The molecular formula is C22H27N3O2. The molecule has 3 aromatic rings. The summed E-state index contributed by atoms with van der Waals surface area (Å²) in [6.07, 6.45) is 1.05. The van der Waals surface area contributed by atoms with Crippen molar-refractivity contribution >= 4 is 22.5 Å². The highest BCUT2D eigenvalue weighted by Gasteiger charge is 2.19. The third-order valence-electron chi connectivity index (χ3n) is 4.29. The molecule has 5 heteroatoms. The SMILES string of the molecule is Cc1cc(NC(=O)CCCOc2cccc3ccccc23)n(C(C)(C)C)n1. The fourth-order valence-electron chi connectivity index (χ4n) is 3.04. The molecule has 0 bridgehead atoms. The molecule has 1 N–H and O–H groups in total. The maximum Gasteiger partial charge on any atom is 0.225 e. The Bertz CT molecular complexity index is 933. The average Bonchev–Trinajstić information content (AvgIpc) is 2.99. The number of hydrogen-bond donors (Lipinski definition) is 1. The molecule has 0 aliphatic carbocycles. The number of benzene rings is 2. The van der Waals surface area contributed by atoms with E-state index in [4.69, 9.17) is 4.74 Å². The minimum Gasteiger partial charge on any atom is -0.493 e. The van der Waals surface area contributed by atoms with Gasteiger partial charge >= 0.3 is 0 Å². The quantitative estimate of drug-likeness (QED) is 0.632. The number of aromatic nitrogens is 2. The number of carbonyl (C=O) groups excluding carboxylic acids is 1. The normalized spacial score (nSPS) is 11.6. The molecule has 0 spiro atoms. The first kappa shape index (κ1) is 19.0. The summed E-state index contributed by atoms with van der Waals surface area (Å²) in [5.41, 5.74) is 0.702. The van der Waals surface area contributed by atoms with Gasteiger partial charge < -0.3 is 10.1 Å². The first-order valence-corrected chi connectivity index (χ1v) is 9.32. The van der Waals surface area contributed by atoms with E-state index in [1.54, 1.807) is 0 Å². The first-order valence-electron chi connectivity index (χ1n) is 9.32. The third-order valence-corrected chi connectivity index (χ3v) is 4.29. The van der Waals surface area contributed by atoms with Gasteiger partial charge in [-0.1, -0.05) is 36.4 Å². The van der Waals surface area contributed by atoms with Crippen LogP contribution in [0.3, 0.4) is 0 Å². The Hall–Kier alpha value is -2.82. The van der Waals surface area contributed by atoms with Crippen LogP contribution in [0.1, 0.15) is 39.3 Å². The minimum absolute atomic E-state index is 0.0260. The zero-order valence-electron chi connectivity index (χ0n) is 16.5. The van der Waals surface area contributed by atoms with Crippen LogP contribution in [0.2, 0.25) is 0 Å². The molecule has 0 atom stereocenters. The molecule has 0 unspecified atom stereocenters. The summed E-state index contributed by atoms with van der Waals surface area (Å²) in [5.74, 6) is 1.57. The number of carbonyl (C=O) groups is 1. The fourth-order valence-corrected chi connectivity index (χ4v) is 3.04. The molecule has 0 radical (unpaired) electrons. The average molecular weight is 365 g/mol. The van der Waals surface area contributed by atoms with Gasteiger partial charge in [-0.05, 0) is 45.6 Å². The van der Waals surface area contributed by atoms with Gasteiger partial charge in [0.1, 0.15) is 11.6 Å². The van der Waals surface area contributed by atoms with Gasteiger partial charge in [0.05, 0.1) is 17.8 Å². The smallest absolute Gasteiger partial charge is 0.225 e. The van der Waals surface area contributed by atoms with Crippen molar-refractivity contribution in [3.63, 3.8) is 0 Å². The Morgan fingerprint density at radius 3 is 2.67 bits per heavy atom. The number of rotatable bonds is 6. The number of aryl methyl sites for hydroxylation is 1. The van der Waals surface area contributed by atoms with E-state index in [1.807, 2.05) is 48.0 Å². The highest BCUT2D eigenvalue weighted by Crippen LogP contribution is 2.25. The van der Waals surface area contributed by atoms with Crippen molar-refractivity contribution < 1.29 is 9.53 Å². The summed E-state index contributed by atoms with van der Waals surface area (Å²) in [7, 11) is 0. The lowest BCUT2D eigenvalue weighted by molar-refractivity contribution is -0.116. The molecule has 142 valence electrons. The van der Waals surface area contributed by atoms with Crippen LogP contribution in [0.15, 0.2) is 48.5 Å². The molecule has 3 rings (SSSR count). The predicted molar refractivity (Wildman–Crippen MR) is 109 cm³/mol. The van der Waals surface area contributed by atoms with Gasteiger partial charge in [0.15, 0.2) is 0 Å². The van der Waals surface area contributed by atoms with Crippen LogP contribution < -0.4 is 10.1 Å². The van der Waals surface area contributed by atoms with Crippen LogP contribution in [0.25, 0.3) is 10.8 Å². The lowest BCUT2D eigenvalue weighted by Gasteiger charge is -2.22. The van der Waals surface area contributed by atoms with Gasteiger partial charge in [0.2, 0.25) is 5.91 Å². The summed E-state index contributed by atoms with van der Waals surface area (Å²) in [6.45, 7) is 8.61. The summed E-state index contributed by atoms with van der Waals surface area (Å²) in [5, 5.41) is 9.69. The van der Waals surface area contributed by atoms with E-state index in [0.29, 0.717) is 19.4 Å². The van der Waals surface area contributed by atoms with Crippen molar-refractivity contribution in [1.82, 2.24) is 9.78 Å². The van der Waals surface area contributed by atoms with Crippen molar-refractivity contribution in [2.45, 2.75) is 46.1 Å². The lowest BCUT2D eigenvalue weighted by Crippen LogP contribution is -2.26. The number of fused-ring (bicyclic) bond motifs is 1. The van der Waals surface area contributed by atoms with Crippen LogP contribution >= 0.6 is 0 Å². The Labute approximate surface area is 160 Å². The van der Waals surface area contributed by atoms with Crippen molar-refractivity contribution in [3.05, 3.63) is 54.2 Å². The molecule has 0 saturated carbocycles. The summed E-state index contributed by atoms with van der Waals surface area (Å²) < 4.78 is 7.76. The summed E-state index contributed by atoms with van der Waals surface area (Å²) in [4.78, 5) is 12.3. The van der Waals surface area contributed by atoms with E-state index in [-0.39, 0.29) is 11.4 Å². The number of nitrogens with zero attached hydrogens (tertiary/aromatic N) is 2. The highest BCUT2D eigenvalue weighted by atomic mass is 16.5. The standard InChI is InChI=1S/C22H27N3O2/c1-16-15-20(25(24-16)22(2,3)4)23-21(26)13-8-14-27-19-12-7-10-17-9-5-6-11-18(17)19/h5-7,9-12,15H,8,13-14H2,1-4H3,(H,23,26). The monoisotopic (exact) mass is 365 g/mol. The second-order valence-corrected chi connectivity index (χ2v) is 7.73. The molecule has 5 nitrogen and oxygen atoms in total. The molecule has 27 heavy (non-hydrogen) atoms. The fraction of sp³-hybridized carbons (Fsp3) is 0.364. The number of amides is 1. The Morgan fingerprint density at radius 1 is 1.15 bits per heavy atom. The van der Waals surface area contributed by atoms with E-state index < -0.39 is 0 Å². The van der Waals surface area contributed by atoms with E-state index >= 15 is 0 Å². The Balaban J connectivity index is 1.53. The number of hydrogen-bond acceptors (Lipinski definition) is 3. The van der Waals surface area contributed by atoms with Gasteiger partial charge in [-0.25, -0.2) is 4.68 Å². The summed E-state index contributed by atoms with van der Waals surface area (Å²) in [6, 6.07) is 16.0. The maximum absolute atomic E-state index is 12.3. The molecule has 0 fully saturated rings. The van der Waals surface area contributed by atoms with Crippen molar-refractivity contribution in [1.29, 1.82) is 0 Å². The van der Waals surface area contributed by atoms with Gasteiger partial charge in [0.25, 0.3) is 0 Å². The lowest BCUT2D eigenvalue weighted by atomic mass is 10.1. The number of nitrogens with one attached hydrogen (secondary N) is 1. The minimum atomic E-state index is -0.186. The largest absolute Gasteiger partial charge is 0.493 e. The van der Waals surface area contributed by atoms with Gasteiger partial charge in [0, 0.05) is 17.9 Å². The Morgan fingerprint density at radius 2 is 1.89 bits per heavy atom. The molecule has 0 aliphatic heterocycles. The number of ether oxygens (including phenoxy) is 1. The molecular weight excluding hydrogens is 338 g/mol. The van der Waals surface area contributed by atoms with E-state index in [1.165, 1.54) is 0 Å². The van der Waals surface area contributed by atoms with Crippen molar-refractivity contribution in [2.75, 3.05) is 11.9 Å². The maximum atomic E-state index is 12.3. The third kappa shape index (κ3) is 4.67.